The van der Waals surface area contributed by atoms with Crippen molar-refractivity contribution >= 4 is 5.91 Å². The average Bonchev–Trinajstić information content (AvgIpc) is 3.10. The molecule has 2 aromatic rings. The molecule has 1 aliphatic rings. The van der Waals surface area contributed by atoms with Gasteiger partial charge < -0.3 is 19.1 Å². The lowest BCUT2D eigenvalue weighted by Gasteiger charge is -2.23. The number of aryl methyl sites for hydroxylation is 2. The van der Waals surface area contributed by atoms with Crippen molar-refractivity contribution in [2.45, 2.75) is 39.3 Å². The highest BCUT2D eigenvalue weighted by Gasteiger charge is 2.32. The highest BCUT2D eigenvalue weighted by Crippen LogP contribution is 2.31. The molecule has 3 heterocycles. The van der Waals surface area contributed by atoms with Crippen LogP contribution in [0.15, 0.2) is 27.5 Å². The Hall–Kier alpha value is -2.57. The van der Waals surface area contributed by atoms with E-state index in [1.807, 2.05) is 13.0 Å². The first kappa shape index (κ1) is 15.3. The Bertz CT molecular complexity index is 793. The zero-order valence-corrected chi connectivity index (χ0v) is 13.2. The third-order valence-corrected chi connectivity index (χ3v) is 4.17. The summed E-state index contributed by atoms with van der Waals surface area (Å²) >= 11 is 0. The predicted octanol–water partition coefficient (Wildman–Crippen LogP) is 1.52. The predicted molar refractivity (Wildman–Crippen MR) is 82.0 cm³/mol. The lowest BCUT2D eigenvalue weighted by Crippen LogP contribution is -2.36. The van der Waals surface area contributed by atoms with Gasteiger partial charge in [0.15, 0.2) is 0 Å². The highest BCUT2D eigenvalue weighted by molar-refractivity contribution is 5.77. The number of aromatic nitrogens is 2. The maximum Gasteiger partial charge on any atom is 0.254 e. The number of likely N-dealkylation sites (tertiary alicyclic amines) is 1. The van der Waals surface area contributed by atoms with Gasteiger partial charge in [-0.25, -0.2) is 0 Å². The Morgan fingerprint density at radius 3 is 2.83 bits per heavy atom. The van der Waals surface area contributed by atoms with Crippen molar-refractivity contribution in [1.29, 1.82) is 0 Å². The van der Waals surface area contributed by atoms with Crippen molar-refractivity contribution in [2.24, 2.45) is 0 Å². The molecule has 0 aliphatic carbocycles. The maximum atomic E-state index is 12.6. The number of hydrogen-bond acceptors (Lipinski definition) is 5. The maximum absolute atomic E-state index is 12.6. The number of carbonyl (C=O) groups is 1. The molecule has 23 heavy (non-hydrogen) atoms. The summed E-state index contributed by atoms with van der Waals surface area (Å²) in [6, 6.07) is 4.32. The molecule has 0 saturated carbocycles. The van der Waals surface area contributed by atoms with Crippen LogP contribution in [0.1, 0.15) is 36.0 Å². The fourth-order valence-corrected chi connectivity index (χ4v) is 3.06. The molecule has 1 unspecified atom stereocenters. The van der Waals surface area contributed by atoms with Crippen molar-refractivity contribution < 1.29 is 14.4 Å². The summed E-state index contributed by atoms with van der Waals surface area (Å²) in [5.41, 5.74) is 0.920. The monoisotopic (exact) mass is 317 g/mol. The molecule has 0 aromatic carbocycles. The molecule has 3 rings (SSSR count). The van der Waals surface area contributed by atoms with Crippen LogP contribution in [-0.4, -0.2) is 32.2 Å². The fourth-order valence-electron chi connectivity index (χ4n) is 3.06. The molecule has 1 N–H and O–H groups in total. The first-order valence-electron chi connectivity index (χ1n) is 7.59. The highest BCUT2D eigenvalue weighted by atomic mass is 16.5. The summed E-state index contributed by atoms with van der Waals surface area (Å²) in [6.45, 7) is 4.10. The van der Waals surface area contributed by atoms with Crippen molar-refractivity contribution in [2.75, 3.05) is 6.54 Å². The van der Waals surface area contributed by atoms with Gasteiger partial charge in [-0.2, -0.15) is 0 Å². The van der Waals surface area contributed by atoms with Gasteiger partial charge in [-0.15, -0.1) is 0 Å². The van der Waals surface area contributed by atoms with Crippen LogP contribution in [0.5, 0.6) is 5.75 Å². The normalized spacial score (nSPS) is 17.7. The molecule has 0 spiro atoms. The molecule has 7 heteroatoms. The largest absolute Gasteiger partial charge is 0.508 e. The third kappa shape index (κ3) is 2.99. The number of hydrogen-bond donors (Lipinski definition) is 1. The van der Waals surface area contributed by atoms with Crippen LogP contribution in [0.2, 0.25) is 0 Å². The molecular weight excluding hydrogens is 298 g/mol. The number of pyridine rings is 1. The second-order valence-corrected chi connectivity index (χ2v) is 5.89. The van der Waals surface area contributed by atoms with E-state index in [2.05, 4.69) is 5.16 Å². The van der Waals surface area contributed by atoms with Gasteiger partial charge in [-0.3, -0.25) is 9.59 Å². The van der Waals surface area contributed by atoms with E-state index >= 15 is 0 Å². The summed E-state index contributed by atoms with van der Waals surface area (Å²) in [4.78, 5) is 26.4. The second kappa shape index (κ2) is 5.91. The van der Waals surface area contributed by atoms with Crippen LogP contribution in [-0.2, 0) is 11.3 Å². The van der Waals surface area contributed by atoms with E-state index in [1.54, 1.807) is 11.8 Å². The lowest BCUT2D eigenvalue weighted by molar-refractivity contribution is -0.133. The van der Waals surface area contributed by atoms with Gasteiger partial charge in [0.25, 0.3) is 5.56 Å². The zero-order chi connectivity index (χ0) is 16.6. The fraction of sp³-hybridized carbons (Fsp3) is 0.438. The molecule has 1 aliphatic heterocycles. The summed E-state index contributed by atoms with van der Waals surface area (Å²) in [6.07, 6.45) is 1.73. The number of aromatic hydroxyl groups is 1. The van der Waals surface area contributed by atoms with E-state index in [9.17, 15) is 14.7 Å². The van der Waals surface area contributed by atoms with Crippen LogP contribution < -0.4 is 5.56 Å². The van der Waals surface area contributed by atoms with E-state index < -0.39 is 0 Å². The number of carbonyl (C=O) groups excluding carboxylic acids is 1. The first-order chi connectivity index (χ1) is 11.0. The Balaban J connectivity index is 1.82. The Morgan fingerprint density at radius 2 is 2.17 bits per heavy atom. The Morgan fingerprint density at radius 1 is 1.39 bits per heavy atom. The van der Waals surface area contributed by atoms with Crippen molar-refractivity contribution in [3.8, 4) is 5.75 Å². The summed E-state index contributed by atoms with van der Waals surface area (Å²) in [5, 5.41) is 13.4. The minimum absolute atomic E-state index is 0.0434. The van der Waals surface area contributed by atoms with Gasteiger partial charge in [-0.1, -0.05) is 5.16 Å². The number of rotatable bonds is 3. The zero-order valence-electron chi connectivity index (χ0n) is 13.2. The van der Waals surface area contributed by atoms with Crippen molar-refractivity contribution in [3.63, 3.8) is 0 Å². The molecule has 7 nitrogen and oxygen atoms in total. The molecule has 1 fully saturated rings. The van der Waals surface area contributed by atoms with Crippen molar-refractivity contribution in [1.82, 2.24) is 14.6 Å². The van der Waals surface area contributed by atoms with Gasteiger partial charge in [0, 0.05) is 24.4 Å². The minimum Gasteiger partial charge on any atom is -0.508 e. The molecule has 122 valence electrons. The minimum atomic E-state index is -0.385. The van der Waals surface area contributed by atoms with Gasteiger partial charge in [0.2, 0.25) is 5.91 Å². The van der Waals surface area contributed by atoms with E-state index in [4.69, 9.17) is 4.52 Å². The van der Waals surface area contributed by atoms with Crippen LogP contribution in [0.4, 0.5) is 0 Å². The second-order valence-electron chi connectivity index (χ2n) is 5.89. The van der Waals surface area contributed by atoms with Crippen LogP contribution >= 0.6 is 0 Å². The molecule has 1 saturated heterocycles. The Kier molecular flexibility index (Phi) is 3.94. The average molecular weight is 317 g/mol. The van der Waals surface area contributed by atoms with E-state index in [1.165, 1.54) is 10.6 Å². The van der Waals surface area contributed by atoms with Crippen LogP contribution in [0.25, 0.3) is 0 Å². The van der Waals surface area contributed by atoms with Crippen LogP contribution in [0, 0.1) is 13.8 Å². The lowest BCUT2D eigenvalue weighted by atomic mass is 10.1. The van der Waals surface area contributed by atoms with Gasteiger partial charge in [-0.05, 0) is 32.8 Å². The topological polar surface area (TPSA) is 88.6 Å². The molecule has 0 radical (unpaired) electrons. The number of amides is 1. The summed E-state index contributed by atoms with van der Waals surface area (Å²) < 4.78 is 6.47. The first-order valence-corrected chi connectivity index (χ1v) is 7.59. The van der Waals surface area contributed by atoms with E-state index in [-0.39, 0.29) is 29.8 Å². The third-order valence-electron chi connectivity index (χ3n) is 4.17. The molecule has 0 bridgehead atoms. The van der Waals surface area contributed by atoms with E-state index in [0.717, 1.165) is 24.6 Å². The molecular formula is C16H19N3O4. The SMILES string of the molecule is Cc1cc(C2CCCN2C(=O)Cn2c(C)cc(O)cc2=O)no1. The van der Waals surface area contributed by atoms with Crippen molar-refractivity contribution in [3.05, 3.63) is 45.7 Å². The summed E-state index contributed by atoms with van der Waals surface area (Å²) in [7, 11) is 0. The molecule has 2 aromatic heterocycles. The standard InChI is InChI=1S/C16H19N3O4/c1-10-6-12(20)8-15(21)19(10)9-16(22)18-5-3-4-14(18)13-7-11(2)23-17-13/h6-8,14,20H,3-5,9H2,1-2H3. The molecule has 1 atom stereocenters. The van der Waals surface area contributed by atoms with E-state index in [0.29, 0.717) is 18.0 Å². The van der Waals surface area contributed by atoms with Gasteiger partial charge in [0.05, 0.1) is 6.04 Å². The van der Waals surface area contributed by atoms with Crippen LogP contribution in [0.3, 0.4) is 0 Å². The number of nitrogens with zero attached hydrogens (tertiary/aromatic N) is 3. The smallest absolute Gasteiger partial charge is 0.254 e. The quantitative estimate of drug-likeness (QED) is 0.927. The van der Waals surface area contributed by atoms with Gasteiger partial charge >= 0.3 is 0 Å². The Labute approximate surface area is 133 Å². The molecule has 1 amide bonds. The summed E-state index contributed by atoms with van der Waals surface area (Å²) in [5.74, 6) is 0.488. The van der Waals surface area contributed by atoms with Gasteiger partial charge in [0.1, 0.15) is 23.7 Å².